The van der Waals surface area contributed by atoms with Gasteiger partial charge in [-0.2, -0.15) is 26.3 Å². The summed E-state index contributed by atoms with van der Waals surface area (Å²) in [5.74, 6) is -4.24. The van der Waals surface area contributed by atoms with E-state index in [-0.39, 0.29) is 26.9 Å². The Kier molecular flexibility index (Phi) is 7.30. The van der Waals surface area contributed by atoms with Gasteiger partial charge in [0.1, 0.15) is 10.9 Å². The standard InChI is InChI=1S/C20H12Cl4F6N2O2/c21-12-3-1-8(20(28,29)30)5-10(12)14-15(19(14,23)24)17(34)32-9-2-4-13(22)11(6-9)16(33)31-7-18(25,26)27/h1-6,14-15H,7H2,(H,31,33)(H,32,34). The highest BCUT2D eigenvalue weighted by Gasteiger charge is 2.68. The van der Waals surface area contributed by atoms with Gasteiger partial charge in [0.2, 0.25) is 5.91 Å². The zero-order valence-electron chi connectivity index (χ0n) is 16.4. The predicted molar refractivity (Wildman–Crippen MR) is 116 cm³/mol. The molecular weight excluding hydrogens is 556 g/mol. The molecule has 1 aliphatic carbocycles. The zero-order valence-corrected chi connectivity index (χ0v) is 19.4. The fourth-order valence-corrected chi connectivity index (χ4v) is 4.52. The number of anilines is 1. The van der Waals surface area contributed by atoms with E-state index in [0.29, 0.717) is 0 Å². The molecule has 0 heterocycles. The number of hydrogen-bond donors (Lipinski definition) is 2. The molecule has 2 amide bonds. The lowest BCUT2D eigenvalue weighted by molar-refractivity contribution is -0.137. The summed E-state index contributed by atoms with van der Waals surface area (Å²) < 4.78 is 74.5. The van der Waals surface area contributed by atoms with E-state index in [1.165, 1.54) is 12.1 Å². The predicted octanol–water partition coefficient (Wildman–Crippen LogP) is 6.83. The molecular formula is C20H12Cl4F6N2O2. The van der Waals surface area contributed by atoms with Crippen molar-refractivity contribution in [3.05, 3.63) is 63.1 Å². The topological polar surface area (TPSA) is 58.2 Å². The van der Waals surface area contributed by atoms with Crippen LogP contribution in [-0.2, 0) is 11.0 Å². The van der Waals surface area contributed by atoms with Gasteiger partial charge < -0.3 is 10.6 Å². The summed E-state index contributed by atoms with van der Waals surface area (Å²) in [5, 5.41) is 3.78. The number of hydrogen-bond acceptors (Lipinski definition) is 2. The Morgan fingerprint density at radius 1 is 0.941 bits per heavy atom. The van der Waals surface area contributed by atoms with Gasteiger partial charge >= 0.3 is 12.4 Å². The average molecular weight is 568 g/mol. The van der Waals surface area contributed by atoms with Gasteiger partial charge in [-0.1, -0.05) is 23.2 Å². The van der Waals surface area contributed by atoms with Crippen LogP contribution >= 0.6 is 46.4 Å². The fourth-order valence-electron chi connectivity index (χ4n) is 3.27. The Morgan fingerprint density at radius 2 is 1.56 bits per heavy atom. The van der Waals surface area contributed by atoms with E-state index in [1.807, 2.05) is 0 Å². The van der Waals surface area contributed by atoms with E-state index >= 15 is 0 Å². The molecule has 1 saturated carbocycles. The monoisotopic (exact) mass is 566 g/mol. The number of alkyl halides is 8. The highest BCUT2D eigenvalue weighted by molar-refractivity contribution is 6.54. The first-order valence-corrected chi connectivity index (χ1v) is 10.7. The second kappa shape index (κ2) is 9.29. The number of benzene rings is 2. The maximum absolute atomic E-state index is 13.1. The minimum atomic E-state index is -4.67. The molecule has 4 nitrogen and oxygen atoms in total. The number of halogens is 10. The fraction of sp³-hybridized carbons (Fsp3) is 0.300. The quantitative estimate of drug-likeness (QED) is 0.307. The van der Waals surface area contributed by atoms with E-state index in [1.54, 1.807) is 5.32 Å². The van der Waals surface area contributed by atoms with Crippen molar-refractivity contribution in [2.45, 2.75) is 22.6 Å². The Labute approximate surface area is 208 Å². The summed E-state index contributed by atoms with van der Waals surface area (Å²) in [7, 11) is 0. The molecule has 0 bridgehead atoms. The Hall–Kier alpha value is -1.88. The van der Waals surface area contributed by atoms with Crippen molar-refractivity contribution < 1.29 is 35.9 Å². The molecule has 2 aromatic rings. The van der Waals surface area contributed by atoms with Gasteiger partial charge in [-0.3, -0.25) is 9.59 Å². The number of amides is 2. The van der Waals surface area contributed by atoms with Crippen molar-refractivity contribution >= 4 is 63.9 Å². The van der Waals surface area contributed by atoms with Gasteiger partial charge in [-0.15, -0.1) is 23.2 Å². The van der Waals surface area contributed by atoms with Crippen LogP contribution in [0.25, 0.3) is 0 Å². The molecule has 2 unspecified atom stereocenters. The van der Waals surface area contributed by atoms with Crippen molar-refractivity contribution in [3.8, 4) is 0 Å². The maximum atomic E-state index is 13.1. The zero-order chi connectivity index (χ0) is 25.6. The number of carbonyl (C=O) groups excluding carboxylic acids is 2. The molecule has 1 aliphatic rings. The van der Waals surface area contributed by atoms with E-state index < -0.39 is 52.4 Å². The third-order valence-electron chi connectivity index (χ3n) is 4.92. The summed E-state index contributed by atoms with van der Waals surface area (Å²) in [5.41, 5.74) is -1.46. The molecule has 0 radical (unpaired) electrons. The smallest absolute Gasteiger partial charge is 0.343 e. The van der Waals surface area contributed by atoms with Crippen LogP contribution in [0.3, 0.4) is 0 Å². The van der Waals surface area contributed by atoms with E-state index in [2.05, 4.69) is 5.32 Å². The normalized spacial score (nSPS) is 19.5. The summed E-state index contributed by atoms with van der Waals surface area (Å²) in [6.07, 6.45) is -9.32. The van der Waals surface area contributed by atoms with Crippen molar-refractivity contribution in [1.29, 1.82) is 0 Å². The third kappa shape index (κ3) is 5.84. The molecule has 0 aromatic heterocycles. The summed E-state index contributed by atoms with van der Waals surface area (Å²) in [6, 6.07) is 6.01. The summed E-state index contributed by atoms with van der Waals surface area (Å²) in [4.78, 5) is 24.8. The molecule has 0 saturated heterocycles. The van der Waals surface area contributed by atoms with Gasteiger partial charge in [-0.25, -0.2) is 0 Å². The first-order chi connectivity index (χ1) is 15.5. The van der Waals surface area contributed by atoms with Gasteiger partial charge in [0.15, 0.2) is 0 Å². The van der Waals surface area contributed by atoms with E-state index in [9.17, 15) is 35.9 Å². The number of carbonyl (C=O) groups is 2. The first-order valence-electron chi connectivity index (χ1n) is 9.22. The lowest BCUT2D eigenvalue weighted by Gasteiger charge is -2.12. The van der Waals surface area contributed by atoms with Crippen molar-refractivity contribution in [3.63, 3.8) is 0 Å². The van der Waals surface area contributed by atoms with Crippen LogP contribution in [0.1, 0.15) is 27.4 Å². The van der Waals surface area contributed by atoms with Crippen molar-refractivity contribution in [1.82, 2.24) is 5.32 Å². The first kappa shape index (κ1) is 26.7. The van der Waals surface area contributed by atoms with Gasteiger partial charge in [0.05, 0.1) is 22.1 Å². The minimum Gasteiger partial charge on any atom is -0.343 e. The molecule has 2 atom stereocenters. The maximum Gasteiger partial charge on any atom is 0.416 e. The summed E-state index contributed by atoms with van der Waals surface area (Å²) >= 11 is 24.2. The lowest BCUT2D eigenvalue weighted by atomic mass is 10.0. The highest BCUT2D eigenvalue weighted by Crippen LogP contribution is 2.66. The molecule has 2 aromatic carbocycles. The highest BCUT2D eigenvalue weighted by atomic mass is 35.5. The Bertz CT molecular complexity index is 1140. The van der Waals surface area contributed by atoms with Gasteiger partial charge in [0.25, 0.3) is 5.91 Å². The molecule has 14 heteroatoms. The lowest BCUT2D eigenvalue weighted by Crippen LogP contribution is -2.33. The summed E-state index contributed by atoms with van der Waals surface area (Å²) in [6.45, 7) is -1.60. The van der Waals surface area contributed by atoms with Crippen molar-refractivity contribution in [2.75, 3.05) is 11.9 Å². The van der Waals surface area contributed by atoms with E-state index in [0.717, 1.165) is 24.3 Å². The molecule has 0 spiro atoms. The van der Waals surface area contributed by atoms with Crippen molar-refractivity contribution in [2.24, 2.45) is 5.92 Å². The average Bonchev–Trinajstić information content (AvgIpc) is 3.28. The molecule has 34 heavy (non-hydrogen) atoms. The Balaban J connectivity index is 1.80. The third-order valence-corrected chi connectivity index (χ3v) is 6.54. The second-order valence-electron chi connectivity index (χ2n) is 7.35. The second-order valence-corrected chi connectivity index (χ2v) is 9.60. The van der Waals surface area contributed by atoms with Gasteiger partial charge in [-0.05, 0) is 42.0 Å². The van der Waals surface area contributed by atoms with Crippen LogP contribution in [0, 0.1) is 5.92 Å². The molecule has 0 aliphatic heterocycles. The molecule has 2 N–H and O–H groups in total. The van der Waals surface area contributed by atoms with Crippen LogP contribution in [0.15, 0.2) is 36.4 Å². The molecule has 1 fully saturated rings. The number of nitrogens with one attached hydrogen (secondary N) is 2. The van der Waals surface area contributed by atoms with Crippen LogP contribution in [0.2, 0.25) is 10.0 Å². The molecule has 3 rings (SSSR count). The minimum absolute atomic E-state index is 0.0310. The largest absolute Gasteiger partial charge is 0.416 e. The van der Waals surface area contributed by atoms with Crippen LogP contribution in [0.5, 0.6) is 0 Å². The van der Waals surface area contributed by atoms with E-state index in [4.69, 9.17) is 46.4 Å². The van der Waals surface area contributed by atoms with Crippen LogP contribution in [0.4, 0.5) is 32.0 Å². The van der Waals surface area contributed by atoms with Crippen LogP contribution < -0.4 is 10.6 Å². The van der Waals surface area contributed by atoms with Gasteiger partial charge in [0, 0.05) is 16.6 Å². The number of rotatable bonds is 5. The van der Waals surface area contributed by atoms with Crippen LogP contribution in [-0.4, -0.2) is 28.9 Å². The molecule has 184 valence electrons. The SMILES string of the molecule is O=C(NCC(F)(F)F)c1cc(NC(=O)C2C(c3cc(C(F)(F)F)ccc3Cl)C2(Cl)Cl)ccc1Cl. The Morgan fingerprint density at radius 3 is 2.15 bits per heavy atom.